The lowest BCUT2D eigenvalue weighted by atomic mass is 10.2. The monoisotopic (exact) mass is 302 g/mol. The highest BCUT2D eigenvalue weighted by atomic mass is 79.9. The van der Waals surface area contributed by atoms with E-state index in [0.717, 1.165) is 15.8 Å². The molecule has 5 heteroatoms. The number of halogens is 1. The summed E-state index contributed by atoms with van der Waals surface area (Å²) in [5, 5.41) is 8.39. The minimum absolute atomic E-state index is 0.0239. The minimum atomic E-state index is -0.853. The zero-order valence-corrected chi connectivity index (χ0v) is 11.2. The quantitative estimate of drug-likeness (QED) is 0.787. The Labute approximate surface area is 109 Å². The Bertz CT molecular complexity index is 379. The van der Waals surface area contributed by atoms with Crippen molar-refractivity contribution in [2.75, 3.05) is 19.8 Å². The van der Waals surface area contributed by atoms with Crippen LogP contribution in [0.15, 0.2) is 22.7 Å². The average molecular weight is 303 g/mol. The van der Waals surface area contributed by atoms with Crippen molar-refractivity contribution in [3.63, 3.8) is 0 Å². The van der Waals surface area contributed by atoms with Gasteiger partial charge in [0.1, 0.15) is 12.4 Å². The molecule has 0 amide bonds. The second kappa shape index (κ2) is 7.29. The SMILES string of the molecule is Cc1ccc(OCCOCCC(=O)O)cc1Br. The molecule has 0 unspecified atom stereocenters. The number of carboxylic acids is 1. The summed E-state index contributed by atoms with van der Waals surface area (Å²) >= 11 is 3.42. The summed E-state index contributed by atoms with van der Waals surface area (Å²) in [6, 6.07) is 5.74. The predicted molar refractivity (Wildman–Crippen MR) is 67.4 cm³/mol. The number of ether oxygens (including phenoxy) is 2. The second-order valence-electron chi connectivity index (χ2n) is 3.52. The van der Waals surface area contributed by atoms with Crippen molar-refractivity contribution in [2.24, 2.45) is 0 Å². The summed E-state index contributed by atoms with van der Waals surface area (Å²) < 4.78 is 11.6. The molecule has 0 aliphatic rings. The van der Waals surface area contributed by atoms with E-state index in [0.29, 0.717) is 13.2 Å². The molecule has 1 aromatic carbocycles. The van der Waals surface area contributed by atoms with Crippen molar-refractivity contribution in [2.45, 2.75) is 13.3 Å². The molecular formula is C12H15BrO4. The van der Waals surface area contributed by atoms with Gasteiger partial charge in [-0.2, -0.15) is 0 Å². The van der Waals surface area contributed by atoms with Gasteiger partial charge in [0.05, 0.1) is 19.6 Å². The van der Waals surface area contributed by atoms with Gasteiger partial charge in [-0.05, 0) is 24.6 Å². The van der Waals surface area contributed by atoms with Crippen LogP contribution >= 0.6 is 15.9 Å². The average Bonchev–Trinajstić information content (AvgIpc) is 2.27. The normalized spacial score (nSPS) is 10.2. The molecule has 0 fully saturated rings. The molecule has 0 bridgehead atoms. The Morgan fingerprint density at radius 2 is 2.12 bits per heavy atom. The number of carbonyl (C=O) groups is 1. The predicted octanol–water partition coefficient (Wildman–Crippen LogP) is 2.63. The molecule has 0 atom stereocenters. The summed E-state index contributed by atoms with van der Waals surface area (Å²) in [6.07, 6.45) is 0.0239. The number of benzene rings is 1. The van der Waals surface area contributed by atoms with Crippen molar-refractivity contribution in [3.05, 3.63) is 28.2 Å². The van der Waals surface area contributed by atoms with Crippen LogP contribution in [0.25, 0.3) is 0 Å². The van der Waals surface area contributed by atoms with Crippen LogP contribution in [-0.2, 0) is 9.53 Å². The molecule has 1 aromatic rings. The zero-order valence-electron chi connectivity index (χ0n) is 9.61. The van der Waals surface area contributed by atoms with E-state index in [-0.39, 0.29) is 13.0 Å². The van der Waals surface area contributed by atoms with E-state index >= 15 is 0 Å². The fourth-order valence-corrected chi connectivity index (χ4v) is 1.50. The van der Waals surface area contributed by atoms with Crippen molar-refractivity contribution < 1.29 is 19.4 Å². The maximum atomic E-state index is 10.2. The van der Waals surface area contributed by atoms with Crippen LogP contribution in [0, 0.1) is 6.92 Å². The van der Waals surface area contributed by atoms with Crippen LogP contribution in [0.3, 0.4) is 0 Å². The van der Waals surface area contributed by atoms with Gasteiger partial charge in [-0.25, -0.2) is 0 Å². The van der Waals surface area contributed by atoms with E-state index in [1.54, 1.807) is 0 Å². The molecule has 17 heavy (non-hydrogen) atoms. The van der Waals surface area contributed by atoms with Gasteiger partial charge in [0.25, 0.3) is 0 Å². The highest BCUT2D eigenvalue weighted by Crippen LogP contribution is 2.22. The third kappa shape index (κ3) is 5.70. The lowest BCUT2D eigenvalue weighted by Gasteiger charge is -2.07. The third-order valence-corrected chi connectivity index (χ3v) is 2.95. The molecule has 0 spiro atoms. The molecular weight excluding hydrogens is 288 g/mol. The molecule has 0 aliphatic heterocycles. The summed E-state index contributed by atoms with van der Waals surface area (Å²) in [7, 11) is 0. The summed E-state index contributed by atoms with van der Waals surface area (Å²) in [4.78, 5) is 10.2. The first-order chi connectivity index (χ1) is 8.09. The van der Waals surface area contributed by atoms with Crippen LogP contribution in [0.5, 0.6) is 5.75 Å². The van der Waals surface area contributed by atoms with Gasteiger partial charge in [0, 0.05) is 4.47 Å². The topological polar surface area (TPSA) is 55.8 Å². The van der Waals surface area contributed by atoms with Crippen LogP contribution < -0.4 is 4.74 Å². The first-order valence-electron chi connectivity index (χ1n) is 5.28. The number of aliphatic carboxylic acids is 1. The van der Waals surface area contributed by atoms with E-state index in [4.69, 9.17) is 14.6 Å². The molecule has 0 heterocycles. The summed E-state index contributed by atoms with van der Waals surface area (Å²) in [5.41, 5.74) is 1.15. The Morgan fingerprint density at radius 1 is 1.35 bits per heavy atom. The number of hydrogen-bond donors (Lipinski definition) is 1. The zero-order chi connectivity index (χ0) is 12.7. The Kier molecular flexibility index (Phi) is 6.00. The van der Waals surface area contributed by atoms with E-state index in [1.165, 1.54) is 0 Å². The van der Waals surface area contributed by atoms with E-state index in [2.05, 4.69) is 15.9 Å². The van der Waals surface area contributed by atoms with Gasteiger partial charge in [-0.3, -0.25) is 4.79 Å². The number of rotatable bonds is 7. The number of aryl methyl sites for hydroxylation is 1. The molecule has 0 aromatic heterocycles. The summed E-state index contributed by atoms with van der Waals surface area (Å²) in [6.45, 7) is 3.02. The van der Waals surface area contributed by atoms with Gasteiger partial charge in [0.2, 0.25) is 0 Å². The standard InChI is InChI=1S/C12H15BrO4/c1-9-2-3-10(8-11(9)13)17-7-6-16-5-4-12(14)15/h2-3,8H,4-7H2,1H3,(H,14,15). The highest BCUT2D eigenvalue weighted by Gasteiger charge is 1.99. The van der Waals surface area contributed by atoms with Crippen molar-refractivity contribution in [1.82, 2.24) is 0 Å². The fourth-order valence-electron chi connectivity index (χ4n) is 1.14. The van der Waals surface area contributed by atoms with Gasteiger partial charge in [0.15, 0.2) is 0 Å². The van der Waals surface area contributed by atoms with Gasteiger partial charge in [-0.15, -0.1) is 0 Å². The van der Waals surface area contributed by atoms with E-state index < -0.39 is 5.97 Å². The van der Waals surface area contributed by atoms with Gasteiger partial charge >= 0.3 is 5.97 Å². The number of carboxylic acid groups (broad SMARTS) is 1. The van der Waals surface area contributed by atoms with Crippen LogP contribution in [0.1, 0.15) is 12.0 Å². The summed E-state index contributed by atoms with van der Waals surface area (Å²) in [5.74, 6) is -0.0855. The molecule has 1 rings (SSSR count). The molecule has 4 nitrogen and oxygen atoms in total. The molecule has 0 aliphatic carbocycles. The number of hydrogen-bond acceptors (Lipinski definition) is 3. The first kappa shape index (κ1) is 14.0. The molecule has 0 saturated heterocycles. The van der Waals surface area contributed by atoms with Crippen molar-refractivity contribution in [1.29, 1.82) is 0 Å². The Hall–Kier alpha value is -1.07. The molecule has 1 N–H and O–H groups in total. The van der Waals surface area contributed by atoms with Crippen LogP contribution in [-0.4, -0.2) is 30.9 Å². The van der Waals surface area contributed by atoms with Crippen molar-refractivity contribution >= 4 is 21.9 Å². The molecule has 0 radical (unpaired) electrons. The van der Waals surface area contributed by atoms with Crippen LogP contribution in [0.2, 0.25) is 0 Å². The van der Waals surface area contributed by atoms with Gasteiger partial charge < -0.3 is 14.6 Å². The second-order valence-corrected chi connectivity index (χ2v) is 4.37. The van der Waals surface area contributed by atoms with E-state index in [1.807, 2.05) is 25.1 Å². The maximum absolute atomic E-state index is 10.2. The lowest BCUT2D eigenvalue weighted by molar-refractivity contribution is -0.138. The Balaban J connectivity index is 2.18. The smallest absolute Gasteiger partial charge is 0.305 e. The van der Waals surface area contributed by atoms with Gasteiger partial charge in [-0.1, -0.05) is 22.0 Å². The highest BCUT2D eigenvalue weighted by molar-refractivity contribution is 9.10. The lowest BCUT2D eigenvalue weighted by Crippen LogP contribution is -2.09. The molecule has 0 saturated carbocycles. The first-order valence-corrected chi connectivity index (χ1v) is 6.07. The largest absolute Gasteiger partial charge is 0.491 e. The van der Waals surface area contributed by atoms with E-state index in [9.17, 15) is 4.79 Å². The van der Waals surface area contributed by atoms with Crippen LogP contribution in [0.4, 0.5) is 0 Å². The van der Waals surface area contributed by atoms with Crippen molar-refractivity contribution in [3.8, 4) is 5.75 Å². The third-order valence-electron chi connectivity index (χ3n) is 2.10. The Morgan fingerprint density at radius 3 is 2.76 bits per heavy atom. The fraction of sp³-hybridized carbons (Fsp3) is 0.417. The maximum Gasteiger partial charge on any atom is 0.305 e. The minimum Gasteiger partial charge on any atom is -0.491 e. The molecule has 94 valence electrons.